The number of benzene rings is 1. The molecule has 3 heterocycles. The Hall–Kier alpha value is -2.64. The summed E-state index contributed by atoms with van der Waals surface area (Å²) in [4.78, 5) is 33.4. The number of ether oxygens (including phenoxy) is 1. The fourth-order valence-corrected chi connectivity index (χ4v) is 3.72. The first-order chi connectivity index (χ1) is 12.5. The monoisotopic (exact) mass is 387 g/mol. The van der Waals surface area contributed by atoms with Crippen molar-refractivity contribution < 1.29 is 9.53 Å². The van der Waals surface area contributed by atoms with Gasteiger partial charge >= 0.3 is 0 Å². The minimum absolute atomic E-state index is 0.186. The number of hydrogen-bond donors (Lipinski definition) is 1. The Morgan fingerprint density at radius 3 is 3.12 bits per heavy atom. The Balaban J connectivity index is 1.57. The van der Waals surface area contributed by atoms with Gasteiger partial charge in [0.2, 0.25) is 0 Å². The lowest BCUT2D eigenvalue weighted by Crippen LogP contribution is -2.31. The fourth-order valence-electron chi connectivity index (χ4n) is 2.81. The number of carbonyl (C=O) groups excluding carboxylic acids is 1. The van der Waals surface area contributed by atoms with Crippen LogP contribution in [0.25, 0.3) is 16.3 Å². The van der Waals surface area contributed by atoms with Crippen molar-refractivity contribution in [2.24, 2.45) is 0 Å². The number of H-pyrrole nitrogens is 1. The van der Waals surface area contributed by atoms with Crippen LogP contribution in [-0.4, -0.2) is 34.4 Å². The van der Waals surface area contributed by atoms with Gasteiger partial charge in [-0.15, -0.1) is 11.3 Å². The molecule has 1 aliphatic rings. The van der Waals surface area contributed by atoms with E-state index in [2.05, 4.69) is 9.97 Å². The average molecular weight is 388 g/mol. The molecule has 1 aliphatic heterocycles. The smallest absolute Gasteiger partial charge is 0.268 e. The molecule has 6 nitrogen and oxygen atoms in total. The van der Waals surface area contributed by atoms with E-state index in [1.165, 1.54) is 16.2 Å². The quantitative estimate of drug-likeness (QED) is 0.749. The molecule has 0 spiro atoms. The number of aromatic amines is 1. The second kappa shape index (κ2) is 6.59. The molecule has 8 heteroatoms. The van der Waals surface area contributed by atoms with E-state index in [1.54, 1.807) is 37.4 Å². The first-order valence-corrected chi connectivity index (χ1v) is 9.12. The van der Waals surface area contributed by atoms with Crippen LogP contribution in [0.1, 0.15) is 11.4 Å². The van der Waals surface area contributed by atoms with Gasteiger partial charge in [-0.2, -0.15) is 0 Å². The maximum Gasteiger partial charge on any atom is 0.268 e. The van der Waals surface area contributed by atoms with E-state index in [4.69, 9.17) is 16.3 Å². The van der Waals surface area contributed by atoms with Crippen molar-refractivity contribution in [2.75, 3.05) is 13.7 Å². The van der Waals surface area contributed by atoms with Gasteiger partial charge in [0.25, 0.3) is 11.5 Å². The molecule has 0 saturated carbocycles. The highest BCUT2D eigenvalue weighted by Gasteiger charge is 2.21. The van der Waals surface area contributed by atoms with Gasteiger partial charge in [0.15, 0.2) is 0 Å². The van der Waals surface area contributed by atoms with Crippen molar-refractivity contribution >= 4 is 45.1 Å². The van der Waals surface area contributed by atoms with Gasteiger partial charge < -0.3 is 14.6 Å². The van der Waals surface area contributed by atoms with Crippen LogP contribution in [0.5, 0.6) is 5.75 Å². The van der Waals surface area contributed by atoms with Gasteiger partial charge in [-0.1, -0.05) is 11.6 Å². The molecular formula is C18H14ClN3O3S. The van der Waals surface area contributed by atoms with Gasteiger partial charge in [-0.05, 0) is 35.7 Å². The van der Waals surface area contributed by atoms with Crippen LogP contribution in [0.4, 0.5) is 0 Å². The van der Waals surface area contributed by atoms with Gasteiger partial charge in [0, 0.05) is 17.6 Å². The Morgan fingerprint density at radius 2 is 2.27 bits per heavy atom. The van der Waals surface area contributed by atoms with Gasteiger partial charge in [-0.3, -0.25) is 9.59 Å². The summed E-state index contributed by atoms with van der Waals surface area (Å²) in [6.45, 7) is 0.380. The van der Waals surface area contributed by atoms with E-state index in [-0.39, 0.29) is 24.6 Å². The molecule has 1 N–H and O–H groups in total. The summed E-state index contributed by atoms with van der Waals surface area (Å²) in [6, 6.07) is 7.07. The third kappa shape index (κ3) is 3.11. The van der Waals surface area contributed by atoms with Crippen LogP contribution in [0.3, 0.4) is 0 Å². The molecule has 0 fully saturated rings. The normalized spacial score (nSPS) is 13.1. The number of hydrogen-bond acceptors (Lipinski definition) is 5. The van der Waals surface area contributed by atoms with Crippen molar-refractivity contribution in [1.82, 2.24) is 14.9 Å². The van der Waals surface area contributed by atoms with Crippen molar-refractivity contribution in [3.05, 3.63) is 62.0 Å². The predicted octanol–water partition coefficient (Wildman–Crippen LogP) is 3.07. The molecule has 0 unspecified atom stereocenters. The minimum atomic E-state index is -0.191. The Morgan fingerprint density at radius 1 is 1.42 bits per heavy atom. The van der Waals surface area contributed by atoms with Crippen molar-refractivity contribution in [1.29, 1.82) is 0 Å². The first kappa shape index (κ1) is 16.8. The standard InChI is InChI=1S/C18H14ClN3O3S/c1-22(8-15-20-13-4-5-26-16(13)17(23)21-15)18(24)11-6-10-7-12(19)2-3-14(10)25-9-11/h2-7H,8-9H2,1H3,(H,20,21,23). The highest BCUT2D eigenvalue weighted by Crippen LogP contribution is 2.29. The molecule has 4 rings (SSSR count). The second-order valence-electron chi connectivity index (χ2n) is 5.95. The van der Waals surface area contributed by atoms with Crippen LogP contribution in [0.15, 0.2) is 40.0 Å². The van der Waals surface area contributed by atoms with E-state index in [0.717, 1.165) is 5.56 Å². The van der Waals surface area contributed by atoms with Crippen LogP contribution in [0, 0.1) is 0 Å². The van der Waals surface area contributed by atoms with Crippen LogP contribution < -0.4 is 10.3 Å². The van der Waals surface area contributed by atoms with Crippen molar-refractivity contribution in [3.8, 4) is 5.75 Å². The topological polar surface area (TPSA) is 75.3 Å². The molecule has 0 saturated heterocycles. The maximum absolute atomic E-state index is 12.7. The molecule has 1 aromatic carbocycles. The number of thiophene rings is 1. The Labute approximate surface area is 157 Å². The third-order valence-electron chi connectivity index (χ3n) is 4.06. The second-order valence-corrected chi connectivity index (χ2v) is 7.30. The van der Waals surface area contributed by atoms with E-state index >= 15 is 0 Å². The Kier molecular flexibility index (Phi) is 4.26. The lowest BCUT2D eigenvalue weighted by Gasteiger charge is -2.22. The number of carbonyl (C=O) groups is 1. The van der Waals surface area contributed by atoms with Crippen molar-refractivity contribution in [3.63, 3.8) is 0 Å². The number of halogens is 1. The third-order valence-corrected chi connectivity index (χ3v) is 5.19. The summed E-state index contributed by atoms with van der Waals surface area (Å²) < 4.78 is 6.22. The van der Waals surface area contributed by atoms with Crippen molar-refractivity contribution in [2.45, 2.75) is 6.54 Å². The van der Waals surface area contributed by atoms with Gasteiger partial charge in [0.05, 0.1) is 17.6 Å². The predicted molar refractivity (Wildman–Crippen MR) is 102 cm³/mol. The molecule has 1 amide bonds. The molecule has 0 bridgehead atoms. The van der Waals surface area contributed by atoms with Crippen LogP contribution in [0.2, 0.25) is 5.02 Å². The zero-order valence-electron chi connectivity index (χ0n) is 13.8. The number of aromatic nitrogens is 2. The first-order valence-electron chi connectivity index (χ1n) is 7.86. The average Bonchev–Trinajstić information content (AvgIpc) is 3.09. The van der Waals surface area contributed by atoms with Gasteiger partial charge in [-0.25, -0.2) is 4.98 Å². The summed E-state index contributed by atoms with van der Waals surface area (Å²) >= 11 is 7.35. The van der Waals surface area contributed by atoms with Crippen LogP contribution >= 0.6 is 22.9 Å². The summed E-state index contributed by atoms with van der Waals surface area (Å²) in [5.74, 6) is 0.948. The fraction of sp³-hybridized carbons (Fsp3) is 0.167. The number of nitrogens with one attached hydrogen (secondary N) is 1. The lowest BCUT2D eigenvalue weighted by atomic mass is 10.1. The molecular weight excluding hydrogens is 374 g/mol. The molecule has 0 atom stereocenters. The SMILES string of the molecule is CN(Cc1nc2ccsc2c(=O)[nH]1)C(=O)C1=Cc2cc(Cl)ccc2OC1. The zero-order chi connectivity index (χ0) is 18.3. The van der Waals surface area contributed by atoms with Crippen LogP contribution in [-0.2, 0) is 11.3 Å². The largest absolute Gasteiger partial charge is 0.488 e. The molecule has 2 aromatic heterocycles. The Bertz CT molecular complexity index is 1100. The summed E-state index contributed by atoms with van der Waals surface area (Å²) in [5.41, 5.74) is 1.73. The molecule has 0 radical (unpaired) electrons. The summed E-state index contributed by atoms with van der Waals surface area (Å²) in [7, 11) is 1.66. The molecule has 0 aliphatic carbocycles. The number of rotatable bonds is 3. The molecule has 3 aromatic rings. The highest BCUT2D eigenvalue weighted by molar-refractivity contribution is 7.17. The van der Waals surface area contributed by atoms with E-state index < -0.39 is 0 Å². The van der Waals surface area contributed by atoms with E-state index in [0.29, 0.717) is 32.4 Å². The summed E-state index contributed by atoms with van der Waals surface area (Å²) in [6.07, 6.45) is 1.78. The highest BCUT2D eigenvalue weighted by atomic mass is 35.5. The maximum atomic E-state index is 12.7. The number of nitrogens with zero attached hydrogens (tertiary/aromatic N) is 2. The minimum Gasteiger partial charge on any atom is -0.488 e. The number of fused-ring (bicyclic) bond motifs is 2. The zero-order valence-corrected chi connectivity index (χ0v) is 15.4. The molecule has 26 heavy (non-hydrogen) atoms. The number of amides is 1. The van der Waals surface area contributed by atoms with E-state index in [1.807, 2.05) is 5.38 Å². The molecule has 132 valence electrons. The number of likely N-dealkylation sites (N-methyl/N-ethyl adjacent to an activating group) is 1. The lowest BCUT2D eigenvalue weighted by molar-refractivity contribution is -0.126. The summed E-state index contributed by atoms with van der Waals surface area (Å²) in [5, 5.41) is 2.40. The van der Waals surface area contributed by atoms with E-state index in [9.17, 15) is 9.59 Å². The van der Waals surface area contributed by atoms with Gasteiger partial charge in [0.1, 0.15) is 22.9 Å².